The largest absolute Gasteiger partial charge is 0.394 e. The number of carbonyl (C=O) groups is 1. The first-order chi connectivity index (χ1) is 27.7. The van der Waals surface area contributed by atoms with E-state index in [1.165, 1.54) is 96.3 Å². The third kappa shape index (κ3) is 42.5. The summed E-state index contributed by atoms with van der Waals surface area (Å²) in [6.07, 6.45) is 70.1. The van der Waals surface area contributed by atoms with Crippen LogP contribution in [0.1, 0.15) is 206 Å². The maximum Gasteiger partial charge on any atom is 0.220 e. The number of carbonyl (C=O) groups excluding carboxylic acids is 1. The normalized spacial score (nSPS) is 13.9. The zero-order valence-electron chi connectivity index (χ0n) is 36.6. The number of hydrogen-bond donors (Lipinski definition) is 3. The molecule has 0 radical (unpaired) electrons. The fraction of sp³-hybridized carbons (Fsp3) is 0.673. The maximum atomic E-state index is 12.2. The third-order valence-corrected chi connectivity index (χ3v) is 10.1. The Morgan fingerprint density at radius 3 is 1.14 bits per heavy atom. The van der Waals surface area contributed by atoms with Crippen molar-refractivity contribution in [3.05, 3.63) is 97.2 Å². The van der Waals surface area contributed by atoms with Gasteiger partial charge in [-0.25, -0.2) is 0 Å². The minimum atomic E-state index is -0.658. The van der Waals surface area contributed by atoms with Crippen LogP contribution in [-0.4, -0.2) is 34.9 Å². The lowest BCUT2D eigenvalue weighted by Crippen LogP contribution is -2.45. The molecule has 320 valence electrons. The second kappa shape index (κ2) is 46.7. The van der Waals surface area contributed by atoms with Gasteiger partial charge in [0.05, 0.1) is 18.8 Å². The van der Waals surface area contributed by atoms with Gasteiger partial charge in [0.1, 0.15) is 0 Å². The van der Waals surface area contributed by atoms with E-state index in [1.54, 1.807) is 0 Å². The molecule has 1 amide bonds. The van der Waals surface area contributed by atoms with Crippen LogP contribution in [0, 0.1) is 0 Å². The molecular formula is C52H89NO3. The standard InChI is InChI=1S/C52H89NO3/c1-3-5-7-8-9-10-11-12-13-14-15-16-17-18-19-20-21-22-23-24-25-26-27-28-29-30-31-32-33-34-35-36-37-38-39-40-41-42-43-44-46-48-52(56)53-50(49-54)51(55)47-45-6-4-2/h5,7,9-10,12-13,15-16,18-19,21-22,24-25,27-28,50-51,54-55H,3-4,6,8,11,14,17,20,23,26,29-49H2,1-2H3,(H,53,56)/b7-5-,10-9-,13-12-,16-15-,19-18-,22-21-,25-24-,28-27-. The maximum absolute atomic E-state index is 12.2. The average Bonchev–Trinajstić information content (AvgIpc) is 3.20. The quantitative estimate of drug-likeness (QED) is 0.0428. The van der Waals surface area contributed by atoms with E-state index >= 15 is 0 Å². The van der Waals surface area contributed by atoms with Gasteiger partial charge in [-0.2, -0.15) is 0 Å². The summed E-state index contributed by atoms with van der Waals surface area (Å²) in [5, 5.41) is 22.6. The van der Waals surface area contributed by atoms with Gasteiger partial charge in [-0.15, -0.1) is 0 Å². The Morgan fingerprint density at radius 2 is 0.786 bits per heavy atom. The van der Waals surface area contributed by atoms with Gasteiger partial charge in [0.15, 0.2) is 0 Å². The molecule has 0 rings (SSSR count). The van der Waals surface area contributed by atoms with Gasteiger partial charge in [-0.05, 0) is 77.0 Å². The first-order valence-electron chi connectivity index (χ1n) is 23.4. The summed E-state index contributed by atoms with van der Waals surface area (Å²) in [4.78, 5) is 12.2. The van der Waals surface area contributed by atoms with Crippen LogP contribution in [0.3, 0.4) is 0 Å². The van der Waals surface area contributed by atoms with Crippen molar-refractivity contribution in [3.63, 3.8) is 0 Å². The molecule has 0 aliphatic rings. The molecule has 0 aromatic heterocycles. The van der Waals surface area contributed by atoms with Crippen LogP contribution in [0.15, 0.2) is 97.2 Å². The highest BCUT2D eigenvalue weighted by Crippen LogP contribution is 2.15. The van der Waals surface area contributed by atoms with E-state index < -0.39 is 12.1 Å². The highest BCUT2D eigenvalue weighted by Gasteiger charge is 2.19. The molecule has 0 bridgehead atoms. The molecule has 0 spiro atoms. The van der Waals surface area contributed by atoms with E-state index in [-0.39, 0.29) is 12.5 Å². The predicted molar refractivity (Wildman–Crippen MR) is 248 cm³/mol. The molecule has 3 N–H and O–H groups in total. The number of amides is 1. The third-order valence-electron chi connectivity index (χ3n) is 10.1. The lowest BCUT2D eigenvalue weighted by atomic mass is 10.0. The molecule has 0 aromatic rings. The van der Waals surface area contributed by atoms with Gasteiger partial charge in [-0.1, -0.05) is 220 Å². The van der Waals surface area contributed by atoms with E-state index in [9.17, 15) is 15.0 Å². The molecule has 4 heteroatoms. The predicted octanol–water partition coefficient (Wildman–Crippen LogP) is 15.0. The van der Waals surface area contributed by atoms with Crippen LogP contribution >= 0.6 is 0 Å². The molecule has 4 nitrogen and oxygen atoms in total. The Morgan fingerprint density at radius 1 is 0.446 bits per heavy atom. The monoisotopic (exact) mass is 776 g/mol. The van der Waals surface area contributed by atoms with Crippen LogP contribution in [0.4, 0.5) is 0 Å². The van der Waals surface area contributed by atoms with Gasteiger partial charge in [0, 0.05) is 6.42 Å². The van der Waals surface area contributed by atoms with Gasteiger partial charge in [0.2, 0.25) is 5.91 Å². The first kappa shape index (κ1) is 53.3. The minimum absolute atomic E-state index is 0.0465. The number of allylic oxidation sites excluding steroid dienone is 16. The molecule has 0 heterocycles. The molecule has 0 aliphatic heterocycles. The number of aliphatic hydroxyl groups is 2. The van der Waals surface area contributed by atoms with Gasteiger partial charge in [0.25, 0.3) is 0 Å². The molecule has 0 aromatic carbocycles. The highest BCUT2D eigenvalue weighted by atomic mass is 16.3. The van der Waals surface area contributed by atoms with Crippen molar-refractivity contribution in [2.45, 2.75) is 219 Å². The number of aliphatic hydroxyl groups excluding tert-OH is 2. The molecule has 2 atom stereocenters. The summed E-state index contributed by atoms with van der Waals surface area (Å²) in [5.41, 5.74) is 0. The van der Waals surface area contributed by atoms with Crippen molar-refractivity contribution in [2.75, 3.05) is 6.61 Å². The molecule has 0 saturated carbocycles. The van der Waals surface area contributed by atoms with Crippen LogP contribution in [0.25, 0.3) is 0 Å². The Labute approximate surface area is 347 Å². The molecule has 0 saturated heterocycles. The average molecular weight is 776 g/mol. The Bertz CT molecular complexity index is 1060. The van der Waals surface area contributed by atoms with E-state index in [4.69, 9.17) is 0 Å². The van der Waals surface area contributed by atoms with Gasteiger partial charge >= 0.3 is 0 Å². The second-order valence-electron chi connectivity index (χ2n) is 15.4. The van der Waals surface area contributed by atoms with E-state index in [0.717, 1.165) is 83.5 Å². The smallest absolute Gasteiger partial charge is 0.220 e. The fourth-order valence-electron chi connectivity index (χ4n) is 6.55. The van der Waals surface area contributed by atoms with Crippen molar-refractivity contribution in [2.24, 2.45) is 0 Å². The number of unbranched alkanes of at least 4 members (excludes halogenated alkanes) is 18. The van der Waals surface area contributed by atoms with E-state index in [0.29, 0.717) is 12.8 Å². The molecule has 0 fully saturated rings. The van der Waals surface area contributed by atoms with Crippen LogP contribution in [0.5, 0.6) is 0 Å². The van der Waals surface area contributed by atoms with Gasteiger partial charge < -0.3 is 15.5 Å². The summed E-state index contributed by atoms with van der Waals surface area (Å²) in [6, 6.07) is -0.534. The lowest BCUT2D eigenvalue weighted by Gasteiger charge is -2.22. The molecule has 56 heavy (non-hydrogen) atoms. The second-order valence-corrected chi connectivity index (χ2v) is 15.4. The summed E-state index contributed by atoms with van der Waals surface area (Å²) in [7, 11) is 0. The fourth-order valence-corrected chi connectivity index (χ4v) is 6.55. The lowest BCUT2D eigenvalue weighted by molar-refractivity contribution is -0.123. The van der Waals surface area contributed by atoms with Crippen molar-refractivity contribution >= 4 is 5.91 Å². The Balaban J connectivity index is 3.44. The van der Waals surface area contributed by atoms with Crippen LogP contribution in [0.2, 0.25) is 0 Å². The summed E-state index contributed by atoms with van der Waals surface area (Å²) >= 11 is 0. The topological polar surface area (TPSA) is 69.6 Å². The summed E-state index contributed by atoms with van der Waals surface area (Å²) in [5.74, 6) is -0.0465. The number of rotatable bonds is 41. The van der Waals surface area contributed by atoms with Crippen molar-refractivity contribution < 1.29 is 15.0 Å². The first-order valence-corrected chi connectivity index (χ1v) is 23.4. The van der Waals surface area contributed by atoms with Crippen molar-refractivity contribution in [1.29, 1.82) is 0 Å². The van der Waals surface area contributed by atoms with Crippen LogP contribution in [-0.2, 0) is 4.79 Å². The highest BCUT2D eigenvalue weighted by molar-refractivity contribution is 5.76. The number of hydrogen-bond acceptors (Lipinski definition) is 3. The SMILES string of the molecule is CC/C=C\C/C=C\C/C=C\C/C=C\C/C=C\C/C=C\C/C=C\C/C=C\CCCCCCCCCCCCCCCCCCC(=O)NC(CO)C(O)CCCCC. The van der Waals surface area contributed by atoms with Crippen molar-refractivity contribution in [1.82, 2.24) is 5.32 Å². The van der Waals surface area contributed by atoms with Crippen molar-refractivity contribution in [3.8, 4) is 0 Å². The Kier molecular flexibility index (Phi) is 44.4. The summed E-state index contributed by atoms with van der Waals surface area (Å²) < 4.78 is 0. The zero-order valence-corrected chi connectivity index (χ0v) is 36.6. The van der Waals surface area contributed by atoms with E-state index in [2.05, 4.69) is 116 Å². The molecule has 2 unspecified atom stereocenters. The molecule has 0 aliphatic carbocycles. The van der Waals surface area contributed by atoms with E-state index in [1.807, 2.05) is 0 Å². The minimum Gasteiger partial charge on any atom is -0.394 e. The zero-order chi connectivity index (χ0) is 40.7. The summed E-state index contributed by atoms with van der Waals surface area (Å²) in [6.45, 7) is 4.09. The Hall–Kier alpha value is -2.69. The van der Waals surface area contributed by atoms with Gasteiger partial charge in [-0.3, -0.25) is 4.79 Å². The molecular weight excluding hydrogens is 687 g/mol. The number of nitrogens with one attached hydrogen (secondary N) is 1. The van der Waals surface area contributed by atoms with Crippen LogP contribution < -0.4 is 5.32 Å².